The molecule has 0 radical (unpaired) electrons. The summed E-state index contributed by atoms with van der Waals surface area (Å²) >= 11 is 0.812. The van der Waals surface area contributed by atoms with Crippen molar-refractivity contribution in [2.45, 2.75) is 12.8 Å². The number of benzene rings is 1. The first kappa shape index (κ1) is 18.2. The maximum atomic E-state index is 12.5. The van der Waals surface area contributed by atoms with E-state index in [0.717, 1.165) is 29.5 Å². The fourth-order valence-electron chi connectivity index (χ4n) is 2.82. The third kappa shape index (κ3) is 3.80. The maximum absolute atomic E-state index is 12.5. The molecule has 2 saturated heterocycles. The van der Waals surface area contributed by atoms with Crippen LogP contribution in [0.5, 0.6) is 0 Å². The molecule has 0 aromatic heterocycles. The van der Waals surface area contributed by atoms with Crippen LogP contribution < -0.4 is 0 Å². The Balaban J connectivity index is 1.70. The Bertz CT molecular complexity index is 781. The van der Waals surface area contributed by atoms with E-state index in [9.17, 15) is 19.2 Å². The summed E-state index contributed by atoms with van der Waals surface area (Å²) in [6.07, 6.45) is 3.48. The molecule has 0 N–H and O–H groups in total. The molecular weight excluding hydrogens is 356 g/mol. The number of imide groups is 1. The molecule has 2 aliphatic rings. The van der Waals surface area contributed by atoms with E-state index in [1.807, 2.05) is 0 Å². The van der Waals surface area contributed by atoms with Crippen molar-refractivity contribution in [1.29, 1.82) is 0 Å². The number of amides is 3. The van der Waals surface area contributed by atoms with E-state index in [0.29, 0.717) is 24.2 Å². The van der Waals surface area contributed by atoms with E-state index in [1.165, 1.54) is 7.11 Å². The van der Waals surface area contributed by atoms with E-state index >= 15 is 0 Å². The summed E-state index contributed by atoms with van der Waals surface area (Å²) in [4.78, 5) is 51.1. The quantitative estimate of drug-likeness (QED) is 0.593. The lowest BCUT2D eigenvalue weighted by Gasteiger charge is -2.18. The molecule has 136 valence electrons. The van der Waals surface area contributed by atoms with Crippen LogP contribution in [0.3, 0.4) is 0 Å². The Morgan fingerprint density at radius 2 is 1.81 bits per heavy atom. The van der Waals surface area contributed by atoms with Gasteiger partial charge in [-0.05, 0) is 48.4 Å². The number of methoxy groups -OCH3 is 1. The van der Waals surface area contributed by atoms with Gasteiger partial charge in [-0.15, -0.1) is 0 Å². The molecule has 26 heavy (non-hydrogen) atoms. The monoisotopic (exact) mass is 374 g/mol. The highest BCUT2D eigenvalue weighted by molar-refractivity contribution is 8.18. The van der Waals surface area contributed by atoms with Crippen LogP contribution in [-0.4, -0.2) is 59.6 Å². The van der Waals surface area contributed by atoms with Gasteiger partial charge in [-0.25, -0.2) is 4.79 Å². The number of ether oxygens (including phenoxy) is 1. The standard InChI is InChI=1S/C18H18N2O5S/c1-25-17(23)13-6-4-12(5-7-13)10-14-16(22)20(18(24)26-14)11-15(21)19-8-2-3-9-19/h4-7,10H,2-3,8-9,11H2,1H3/b14-10-. The zero-order valence-corrected chi connectivity index (χ0v) is 15.1. The van der Waals surface area contributed by atoms with Gasteiger partial charge in [0, 0.05) is 13.1 Å². The fourth-order valence-corrected chi connectivity index (χ4v) is 3.66. The third-order valence-corrected chi connectivity index (χ3v) is 5.16. The van der Waals surface area contributed by atoms with Gasteiger partial charge in [0.25, 0.3) is 11.1 Å². The molecule has 7 nitrogen and oxygen atoms in total. The van der Waals surface area contributed by atoms with Crippen molar-refractivity contribution < 1.29 is 23.9 Å². The summed E-state index contributed by atoms with van der Waals surface area (Å²) in [6, 6.07) is 6.49. The van der Waals surface area contributed by atoms with Crippen molar-refractivity contribution in [3.8, 4) is 0 Å². The second-order valence-electron chi connectivity index (χ2n) is 5.97. The van der Waals surface area contributed by atoms with E-state index in [1.54, 1.807) is 35.2 Å². The van der Waals surface area contributed by atoms with Crippen LogP contribution in [0.4, 0.5) is 4.79 Å². The number of esters is 1. The number of carbonyl (C=O) groups is 4. The van der Waals surface area contributed by atoms with Gasteiger partial charge < -0.3 is 9.64 Å². The lowest BCUT2D eigenvalue weighted by molar-refractivity contribution is -0.135. The molecule has 2 heterocycles. The topological polar surface area (TPSA) is 84.0 Å². The van der Waals surface area contributed by atoms with E-state index < -0.39 is 17.1 Å². The van der Waals surface area contributed by atoms with Crippen LogP contribution >= 0.6 is 11.8 Å². The van der Waals surface area contributed by atoms with Crippen LogP contribution in [-0.2, 0) is 14.3 Å². The number of likely N-dealkylation sites (tertiary alicyclic amines) is 1. The van der Waals surface area contributed by atoms with Crippen molar-refractivity contribution in [2.75, 3.05) is 26.7 Å². The summed E-state index contributed by atoms with van der Waals surface area (Å²) in [5.74, 6) is -1.12. The molecule has 0 saturated carbocycles. The highest BCUT2D eigenvalue weighted by atomic mass is 32.2. The van der Waals surface area contributed by atoms with Gasteiger partial charge in [-0.1, -0.05) is 12.1 Å². The minimum atomic E-state index is -0.468. The summed E-state index contributed by atoms with van der Waals surface area (Å²) in [7, 11) is 1.30. The molecule has 0 unspecified atom stereocenters. The number of nitrogens with zero attached hydrogens (tertiary/aromatic N) is 2. The first-order chi connectivity index (χ1) is 12.5. The van der Waals surface area contributed by atoms with Crippen molar-refractivity contribution in [3.05, 3.63) is 40.3 Å². The van der Waals surface area contributed by atoms with E-state index in [4.69, 9.17) is 0 Å². The predicted octanol–water partition coefficient (Wildman–Crippen LogP) is 2.13. The van der Waals surface area contributed by atoms with E-state index in [2.05, 4.69) is 4.74 Å². The first-order valence-electron chi connectivity index (χ1n) is 8.21. The number of rotatable bonds is 4. The highest BCUT2D eigenvalue weighted by Gasteiger charge is 2.37. The zero-order valence-electron chi connectivity index (χ0n) is 14.3. The normalized spacial score (nSPS) is 18.7. The first-order valence-corrected chi connectivity index (χ1v) is 9.03. The molecule has 0 bridgehead atoms. The van der Waals surface area contributed by atoms with Gasteiger partial charge in [-0.2, -0.15) is 0 Å². The Labute approximate surface area is 155 Å². The second kappa shape index (κ2) is 7.74. The fraction of sp³-hybridized carbons (Fsp3) is 0.333. The third-order valence-electron chi connectivity index (χ3n) is 4.26. The molecule has 0 aliphatic carbocycles. The molecule has 2 aliphatic heterocycles. The van der Waals surface area contributed by atoms with Crippen LogP contribution in [0.1, 0.15) is 28.8 Å². The van der Waals surface area contributed by atoms with Gasteiger partial charge in [0.05, 0.1) is 17.6 Å². The minimum Gasteiger partial charge on any atom is -0.465 e. The number of thioether (sulfide) groups is 1. The SMILES string of the molecule is COC(=O)c1ccc(/C=C2\SC(=O)N(CC(=O)N3CCCC3)C2=O)cc1. The van der Waals surface area contributed by atoms with Crippen LogP contribution in [0, 0.1) is 0 Å². The Kier molecular flexibility index (Phi) is 5.41. The Hall–Kier alpha value is -2.61. The number of hydrogen-bond donors (Lipinski definition) is 0. The number of carbonyl (C=O) groups excluding carboxylic acids is 4. The Morgan fingerprint density at radius 3 is 2.42 bits per heavy atom. The van der Waals surface area contributed by atoms with Crippen molar-refractivity contribution in [3.63, 3.8) is 0 Å². The average molecular weight is 374 g/mol. The zero-order chi connectivity index (χ0) is 18.7. The molecule has 8 heteroatoms. The van der Waals surface area contributed by atoms with Gasteiger partial charge in [0.15, 0.2) is 0 Å². The van der Waals surface area contributed by atoms with Crippen LogP contribution in [0.25, 0.3) is 6.08 Å². The molecule has 0 spiro atoms. The van der Waals surface area contributed by atoms with E-state index in [-0.39, 0.29) is 17.4 Å². The lowest BCUT2D eigenvalue weighted by atomic mass is 10.1. The molecule has 1 aromatic rings. The van der Waals surface area contributed by atoms with Crippen LogP contribution in [0.2, 0.25) is 0 Å². The maximum Gasteiger partial charge on any atom is 0.337 e. The molecular formula is C18H18N2O5S. The summed E-state index contributed by atoms with van der Waals surface area (Å²) in [6.45, 7) is 1.14. The summed E-state index contributed by atoms with van der Waals surface area (Å²) < 4.78 is 4.63. The van der Waals surface area contributed by atoms with Crippen molar-refractivity contribution in [2.24, 2.45) is 0 Å². The van der Waals surface area contributed by atoms with Crippen molar-refractivity contribution in [1.82, 2.24) is 9.80 Å². The predicted molar refractivity (Wildman–Crippen MR) is 96.3 cm³/mol. The summed E-state index contributed by atoms with van der Waals surface area (Å²) in [5.41, 5.74) is 1.07. The van der Waals surface area contributed by atoms with Gasteiger partial charge in [0.1, 0.15) is 6.54 Å². The Morgan fingerprint density at radius 1 is 1.15 bits per heavy atom. The lowest BCUT2D eigenvalue weighted by Crippen LogP contribution is -2.40. The average Bonchev–Trinajstić information content (AvgIpc) is 3.27. The van der Waals surface area contributed by atoms with Gasteiger partial charge >= 0.3 is 5.97 Å². The molecule has 3 amide bonds. The molecule has 2 fully saturated rings. The molecule has 0 atom stereocenters. The van der Waals surface area contributed by atoms with Crippen molar-refractivity contribution >= 4 is 40.9 Å². The van der Waals surface area contributed by atoms with Crippen LogP contribution in [0.15, 0.2) is 29.2 Å². The number of hydrogen-bond acceptors (Lipinski definition) is 6. The largest absolute Gasteiger partial charge is 0.465 e. The highest BCUT2D eigenvalue weighted by Crippen LogP contribution is 2.32. The van der Waals surface area contributed by atoms with Gasteiger partial charge in [-0.3, -0.25) is 19.3 Å². The smallest absolute Gasteiger partial charge is 0.337 e. The summed E-state index contributed by atoms with van der Waals surface area (Å²) in [5, 5.41) is -0.444. The second-order valence-corrected chi connectivity index (χ2v) is 6.96. The molecule has 1 aromatic carbocycles. The van der Waals surface area contributed by atoms with Gasteiger partial charge in [0.2, 0.25) is 5.91 Å². The molecule has 3 rings (SSSR count). The minimum absolute atomic E-state index is 0.200.